The second-order valence-corrected chi connectivity index (χ2v) is 4.81. The highest BCUT2D eigenvalue weighted by Crippen LogP contribution is 2.18. The van der Waals surface area contributed by atoms with E-state index in [1.165, 1.54) is 0 Å². The van der Waals surface area contributed by atoms with Crippen molar-refractivity contribution >= 4 is 5.97 Å². The monoisotopic (exact) mass is 259 g/mol. The third-order valence-electron chi connectivity index (χ3n) is 2.86. The standard InChI is InChI=1S/C14H17N3O2/c1-9(2)14-15-12(8-13(18)19)17(16-14)11-7-5-4-6-10(11)3/h4-7,9H,8H2,1-3H3,(H,18,19). The molecule has 0 bridgehead atoms. The number of aryl methyl sites for hydroxylation is 1. The molecule has 1 aromatic heterocycles. The zero-order valence-electron chi connectivity index (χ0n) is 11.3. The second-order valence-electron chi connectivity index (χ2n) is 4.81. The molecule has 5 nitrogen and oxygen atoms in total. The molecule has 0 atom stereocenters. The highest BCUT2D eigenvalue weighted by Gasteiger charge is 2.17. The minimum atomic E-state index is -0.905. The summed E-state index contributed by atoms with van der Waals surface area (Å²) < 4.78 is 1.64. The lowest BCUT2D eigenvalue weighted by Crippen LogP contribution is -2.09. The summed E-state index contributed by atoms with van der Waals surface area (Å²) in [7, 11) is 0. The SMILES string of the molecule is Cc1ccccc1-n1nc(C(C)C)nc1CC(=O)O. The van der Waals surface area contributed by atoms with Gasteiger partial charge in [-0.15, -0.1) is 0 Å². The van der Waals surface area contributed by atoms with Crippen LogP contribution in [0.3, 0.4) is 0 Å². The Kier molecular flexibility index (Phi) is 3.64. The van der Waals surface area contributed by atoms with Gasteiger partial charge in [-0.2, -0.15) is 5.10 Å². The quantitative estimate of drug-likeness (QED) is 0.915. The Morgan fingerprint density at radius 3 is 2.63 bits per heavy atom. The number of aliphatic carboxylic acids is 1. The molecule has 1 aromatic carbocycles. The van der Waals surface area contributed by atoms with Crippen molar-refractivity contribution in [2.24, 2.45) is 0 Å². The topological polar surface area (TPSA) is 68.0 Å². The van der Waals surface area contributed by atoms with E-state index in [2.05, 4.69) is 10.1 Å². The Balaban J connectivity index is 2.54. The molecule has 0 fully saturated rings. The van der Waals surface area contributed by atoms with Crippen LogP contribution in [0.1, 0.15) is 37.0 Å². The molecule has 100 valence electrons. The third kappa shape index (κ3) is 2.81. The van der Waals surface area contributed by atoms with Gasteiger partial charge in [0.25, 0.3) is 0 Å². The highest BCUT2D eigenvalue weighted by molar-refractivity contribution is 5.69. The summed E-state index contributed by atoms with van der Waals surface area (Å²) in [6.07, 6.45) is -0.131. The normalized spacial score (nSPS) is 10.9. The van der Waals surface area contributed by atoms with Crippen LogP contribution in [-0.4, -0.2) is 25.8 Å². The number of benzene rings is 1. The number of carboxylic acids is 1. The summed E-state index contributed by atoms with van der Waals surface area (Å²) in [5, 5.41) is 13.4. The fourth-order valence-electron chi connectivity index (χ4n) is 1.85. The fourth-order valence-corrected chi connectivity index (χ4v) is 1.85. The van der Waals surface area contributed by atoms with Crippen molar-refractivity contribution in [1.29, 1.82) is 0 Å². The van der Waals surface area contributed by atoms with Crippen molar-refractivity contribution in [3.05, 3.63) is 41.5 Å². The van der Waals surface area contributed by atoms with Crippen molar-refractivity contribution in [2.45, 2.75) is 33.1 Å². The van der Waals surface area contributed by atoms with Crippen molar-refractivity contribution in [3.8, 4) is 5.69 Å². The van der Waals surface area contributed by atoms with E-state index in [4.69, 9.17) is 5.11 Å². The van der Waals surface area contributed by atoms with E-state index >= 15 is 0 Å². The minimum Gasteiger partial charge on any atom is -0.481 e. The summed E-state index contributed by atoms with van der Waals surface area (Å²) in [6, 6.07) is 7.73. The van der Waals surface area contributed by atoms with Crippen molar-refractivity contribution in [1.82, 2.24) is 14.8 Å². The molecular formula is C14H17N3O2. The van der Waals surface area contributed by atoms with Crippen molar-refractivity contribution < 1.29 is 9.90 Å². The van der Waals surface area contributed by atoms with Crippen molar-refractivity contribution in [2.75, 3.05) is 0 Å². The van der Waals surface area contributed by atoms with E-state index < -0.39 is 5.97 Å². The first-order chi connectivity index (χ1) is 8.99. The molecule has 5 heteroatoms. The number of aromatic nitrogens is 3. The number of carboxylic acid groups (broad SMARTS) is 1. The Morgan fingerprint density at radius 1 is 1.37 bits per heavy atom. The van der Waals surface area contributed by atoms with Gasteiger partial charge in [-0.1, -0.05) is 32.0 Å². The van der Waals surface area contributed by atoms with Crippen LogP contribution in [0.25, 0.3) is 5.69 Å². The van der Waals surface area contributed by atoms with Crippen LogP contribution in [0.15, 0.2) is 24.3 Å². The molecular weight excluding hydrogens is 242 g/mol. The Hall–Kier alpha value is -2.17. The van der Waals surface area contributed by atoms with Crippen LogP contribution in [-0.2, 0) is 11.2 Å². The van der Waals surface area contributed by atoms with Crippen LogP contribution in [0, 0.1) is 6.92 Å². The maximum absolute atomic E-state index is 10.9. The number of hydrogen-bond acceptors (Lipinski definition) is 3. The third-order valence-corrected chi connectivity index (χ3v) is 2.86. The zero-order chi connectivity index (χ0) is 14.0. The minimum absolute atomic E-state index is 0.131. The molecule has 2 aromatic rings. The van der Waals surface area contributed by atoms with Crippen LogP contribution >= 0.6 is 0 Å². The molecule has 1 heterocycles. The molecule has 0 amide bonds. The molecule has 1 N–H and O–H groups in total. The van der Waals surface area contributed by atoms with Gasteiger partial charge in [-0.3, -0.25) is 4.79 Å². The summed E-state index contributed by atoms with van der Waals surface area (Å²) in [5.74, 6) is 0.389. The van der Waals surface area contributed by atoms with E-state index in [1.807, 2.05) is 45.0 Å². The first-order valence-corrected chi connectivity index (χ1v) is 6.22. The molecule has 19 heavy (non-hydrogen) atoms. The maximum atomic E-state index is 10.9. The van der Waals surface area contributed by atoms with E-state index in [0.29, 0.717) is 11.6 Å². The van der Waals surface area contributed by atoms with E-state index in [0.717, 1.165) is 11.3 Å². The fraction of sp³-hybridized carbons (Fsp3) is 0.357. The maximum Gasteiger partial charge on any atom is 0.311 e. The number of rotatable bonds is 4. The summed E-state index contributed by atoms with van der Waals surface area (Å²) in [5.41, 5.74) is 1.91. The van der Waals surface area contributed by atoms with Crippen LogP contribution < -0.4 is 0 Å². The second kappa shape index (κ2) is 5.22. The van der Waals surface area contributed by atoms with Gasteiger partial charge in [0.15, 0.2) is 5.82 Å². The molecule has 0 aliphatic heterocycles. The van der Waals surface area contributed by atoms with Crippen LogP contribution in [0.5, 0.6) is 0 Å². The Labute approximate surface area is 111 Å². The molecule has 0 radical (unpaired) electrons. The van der Waals surface area contributed by atoms with Crippen molar-refractivity contribution in [3.63, 3.8) is 0 Å². The van der Waals surface area contributed by atoms with Gasteiger partial charge in [-0.25, -0.2) is 9.67 Å². The first kappa shape index (κ1) is 13.3. The summed E-state index contributed by atoms with van der Waals surface area (Å²) in [6.45, 7) is 5.95. The Morgan fingerprint density at radius 2 is 2.05 bits per heavy atom. The smallest absolute Gasteiger partial charge is 0.311 e. The van der Waals surface area contributed by atoms with Crippen LogP contribution in [0.2, 0.25) is 0 Å². The van der Waals surface area contributed by atoms with Gasteiger partial charge >= 0.3 is 5.97 Å². The van der Waals surface area contributed by atoms with Gasteiger partial charge in [-0.05, 0) is 18.6 Å². The van der Waals surface area contributed by atoms with Gasteiger partial charge in [0, 0.05) is 5.92 Å². The number of nitrogens with zero attached hydrogens (tertiary/aromatic N) is 3. The van der Waals surface area contributed by atoms with E-state index in [-0.39, 0.29) is 12.3 Å². The summed E-state index contributed by atoms with van der Waals surface area (Å²) >= 11 is 0. The van der Waals surface area contributed by atoms with Gasteiger partial charge in [0.1, 0.15) is 12.2 Å². The van der Waals surface area contributed by atoms with Gasteiger partial charge in [0.2, 0.25) is 0 Å². The average Bonchev–Trinajstić information content (AvgIpc) is 2.73. The predicted molar refractivity (Wildman–Crippen MR) is 71.5 cm³/mol. The van der Waals surface area contributed by atoms with Gasteiger partial charge < -0.3 is 5.11 Å². The molecule has 0 spiro atoms. The van der Waals surface area contributed by atoms with E-state index in [1.54, 1.807) is 4.68 Å². The lowest BCUT2D eigenvalue weighted by Gasteiger charge is -2.07. The average molecular weight is 259 g/mol. The molecule has 2 rings (SSSR count). The molecule has 0 unspecified atom stereocenters. The Bertz CT molecular complexity index is 602. The highest BCUT2D eigenvalue weighted by atomic mass is 16.4. The lowest BCUT2D eigenvalue weighted by molar-refractivity contribution is -0.136. The molecule has 0 aliphatic rings. The van der Waals surface area contributed by atoms with Gasteiger partial charge in [0.05, 0.1) is 5.69 Å². The molecule has 0 saturated carbocycles. The number of para-hydroxylation sites is 1. The number of hydrogen-bond donors (Lipinski definition) is 1. The molecule has 0 saturated heterocycles. The zero-order valence-corrected chi connectivity index (χ0v) is 11.3. The van der Waals surface area contributed by atoms with Crippen LogP contribution in [0.4, 0.5) is 0 Å². The number of carbonyl (C=O) groups is 1. The lowest BCUT2D eigenvalue weighted by atomic mass is 10.2. The summed E-state index contributed by atoms with van der Waals surface area (Å²) in [4.78, 5) is 15.3. The largest absolute Gasteiger partial charge is 0.481 e. The predicted octanol–water partition coefficient (Wildman–Crippen LogP) is 2.33. The van der Waals surface area contributed by atoms with E-state index in [9.17, 15) is 4.79 Å². The first-order valence-electron chi connectivity index (χ1n) is 6.22. The molecule has 0 aliphatic carbocycles.